The molecule has 0 aliphatic heterocycles. The molecule has 2 N–H and O–H groups in total. The molecular weight excluding hydrogens is 248 g/mol. The van der Waals surface area contributed by atoms with Gasteiger partial charge >= 0.3 is 6.03 Å². The van der Waals surface area contributed by atoms with Crippen molar-refractivity contribution in [1.29, 1.82) is 0 Å². The Morgan fingerprint density at radius 3 is 2.40 bits per heavy atom. The number of nitrogens with one attached hydrogen (secondary N) is 2. The average Bonchev–Trinajstić information content (AvgIpc) is 2.38. The number of hydrogen-bond acceptors (Lipinski definition) is 1. The number of anilines is 1. The number of carbonyl (C=O) groups excluding carboxylic acids is 1. The van der Waals surface area contributed by atoms with E-state index in [-0.39, 0.29) is 6.03 Å². The maximum absolute atomic E-state index is 11.7. The summed E-state index contributed by atoms with van der Waals surface area (Å²) in [4.78, 5) is 11.7. The molecule has 0 unspecified atom stereocenters. The molecule has 0 aromatic heterocycles. The SMILES string of the molecule is Cc1cccc(/C=C/NC(=O)Nc2cccc(C)c2)c1. The lowest BCUT2D eigenvalue weighted by Gasteiger charge is -2.05. The summed E-state index contributed by atoms with van der Waals surface area (Å²) in [5, 5.41) is 5.47. The summed E-state index contributed by atoms with van der Waals surface area (Å²) in [6.45, 7) is 4.02. The fourth-order valence-electron chi connectivity index (χ4n) is 1.88. The first kappa shape index (κ1) is 13.9. The van der Waals surface area contributed by atoms with Crippen molar-refractivity contribution in [2.24, 2.45) is 0 Å². The molecule has 0 heterocycles. The van der Waals surface area contributed by atoms with Crippen molar-refractivity contribution in [3.63, 3.8) is 0 Å². The van der Waals surface area contributed by atoms with E-state index < -0.39 is 0 Å². The molecule has 0 saturated heterocycles. The molecule has 0 atom stereocenters. The summed E-state index contributed by atoms with van der Waals surface area (Å²) in [5.74, 6) is 0. The number of urea groups is 1. The topological polar surface area (TPSA) is 41.1 Å². The van der Waals surface area contributed by atoms with Crippen LogP contribution in [-0.2, 0) is 0 Å². The molecule has 0 radical (unpaired) electrons. The summed E-state index contributed by atoms with van der Waals surface area (Å²) >= 11 is 0. The molecule has 3 nitrogen and oxygen atoms in total. The number of aryl methyl sites for hydroxylation is 2. The van der Waals surface area contributed by atoms with Gasteiger partial charge in [0.25, 0.3) is 0 Å². The Labute approximate surface area is 119 Å². The average molecular weight is 266 g/mol. The molecule has 102 valence electrons. The van der Waals surface area contributed by atoms with Gasteiger partial charge in [0.15, 0.2) is 0 Å². The standard InChI is InChI=1S/C17H18N2O/c1-13-5-3-7-15(11-13)9-10-18-17(20)19-16-8-4-6-14(2)12-16/h3-12H,1-2H3,(H2,18,19,20)/b10-9+. The van der Waals surface area contributed by atoms with Gasteiger partial charge in [0.05, 0.1) is 0 Å². The van der Waals surface area contributed by atoms with Crippen molar-refractivity contribution in [2.75, 3.05) is 5.32 Å². The number of carbonyl (C=O) groups is 1. The Morgan fingerprint density at radius 2 is 1.70 bits per heavy atom. The molecule has 0 aliphatic carbocycles. The minimum Gasteiger partial charge on any atom is -0.314 e. The summed E-state index contributed by atoms with van der Waals surface area (Å²) in [5.41, 5.74) is 4.14. The van der Waals surface area contributed by atoms with Gasteiger partial charge in [-0.05, 0) is 43.2 Å². The zero-order valence-corrected chi connectivity index (χ0v) is 11.7. The van der Waals surface area contributed by atoms with Crippen molar-refractivity contribution >= 4 is 17.8 Å². The monoisotopic (exact) mass is 266 g/mol. The van der Waals surface area contributed by atoms with Crippen LogP contribution in [0.2, 0.25) is 0 Å². The molecule has 0 spiro atoms. The molecule has 2 aromatic rings. The number of hydrogen-bond donors (Lipinski definition) is 2. The largest absolute Gasteiger partial charge is 0.323 e. The second kappa shape index (κ2) is 6.57. The van der Waals surface area contributed by atoms with Crippen LogP contribution in [0.3, 0.4) is 0 Å². The third kappa shape index (κ3) is 4.28. The van der Waals surface area contributed by atoms with E-state index in [1.807, 2.05) is 62.4 Å². The van der Waals surface area contributed by atoms with Crippen LogP contribution >= 0.6 is 0 Å². The van der Waals surface area contributed by atoms with Crippen molar-refractivity contribution in [2.45, 2.75) is 13.8 Å². The minimum atomic E-state index is -0.250. The van der Waals surface area contributed by atoms with Crippen molar-refractivity contribution in [3.05, 3.63) is 71.4 Å². The molecule has 0 saturated carbocycles. The molecule has 2 rings (SSSR count). The lowest BCUT2D eigenvalue weighted by atomic mass is 10.1. The van der Waals surface area contributed by atoms with Crippen LogP contribution in [-0.4, -0.2) is 6.03 Å². The maximum Gasteiger partial charge on any atom is 0.323 e. The predicted molar refractivity (Wildman–Crippen MR) is 83.5 cm³/mol. The Kier molecular flexibility index (Phi) is 4.56. The van der Waals surface area contributed by atoms with E-state index >= 15 is 0 Å². The number of benzene rings is 2. The normalized spacial score (nSPS) is 10.5. The van der Waals surface area contributed by atoms with E-state index in [0.29, 0.717) is 0 Å². The van der Waals surface area contributed by atoms with Crippen LogP contribution in [0.4, 0.5) is 10.5 Å². The Hall–Kier alpha value is -2.55. The Morgan fingerprint density at radius 1 is 1.00 bits per heavy atom. The van der Waals surface area contributed by atoms with Crippen LogP contribution in [0.25, 0.3) is 6.08 Å². The van der Waals surface area contributed by atoms with E-state index in [1.165, 1.54) is 5.56 Å². The van der Waals surface area contributed by atoms with Gasteiger partial charge in [-0.15, -0.1) is 0 Å². The lowest BCUT2D eigenvalue weighted by Crippen LogP contribution is -2.23. The van der Waals surface area contributed by atoms with Gasteiger partial charge in [-0.1, -0.05) is 42.0 Å². The van der Waals surface area contributed by atoms with Gasteiger partial charge < -0.3 is 10.6 Å². The van der Waals surface area contributed by atoms with Crippen LogP contribution < -0.4 is 10.6 Å². The molecule has 20 heavy (non-hydrogen) atoms. The zero-order valence-electron chi connectivity index (χ0n) is 11.7. The van der Waals surface area contributed by atoms with E-state index in [9.17, 15) is 4.79 Å². The second-order valence-electron chi connectivity index (χ2n) is 4.72. The first-order chi connectivity index (χ1) is 9.63. The number of amides is 2. The minimum absolute atomic E-state index is 0.250. The fourth-order valence-corrected chi connectivity index (χ4v) is 1.88. The highest BCUT2D eigenvalue weighted by Crippen LogP contribution is 2.09. The van der Waals surface area contributed by atoms with Gasteiger partial charge in [-0.3, -0.25) is 0 Å². The maximum atomic E-state index is 11.7. The van der Waals surface area contributed by atoms with E-state index in [1.54, 1.807) is 6.20 Å². The predicted octanol–water partition coefficient (Wildman–Crippen LogP) is 4.10. The molecule has 0 fully saturated rings. The molecular formula is C17H18N2O. The van der Waals surface area contributed by atoms with Crippen LogP contribution in [0.5, 0.6) is 0 Å². The van der Waals surface area contributed by atoms with Crippen LogP contribution in [0, 0.1) is 13.8 Å². The summed E-state index contributed by atoms with van der Waals surface area (Å²) in [6.07, 6.45) is 3.50. The van der Waals surface area contributed by atoms with Crippen molar-refractivity contribution < 1.29 is 4.79 Å². The van der Waals surface area contributed by atoms with Gasteiger partial charge in [0, 0.05) is 11.9 Å². The van der Waals surface area contributed by atoms with Gasteiger partial charge in [0.1, 0.15) is 0 Å². The zero-order chi connectivity index (χ0) is 14.4. The van der Waals surface area contributed by atoms with Crippen molar-refractivity contribution in [3.8, 4) is 0 Å². The second-order valence-corrected chi connectivity index (χ2v) is 4.72. The molecule has 3 heteroatoms. The summed E-state index contributed by atoms with van der Waals surface area (Å²) in [6, 6.07) is 15.5. The number of rotatable bonds is 3. The highest BCUT2D eigenvalue weighted by atomic mass is 16.2. The highest BCUT2D eigenvalue weighted by molar-refractivity contribution is 5.90. The molecule has 2 aromatic carbocycles. The first-order valence-electron chi connectivity index (χ1n) is 6.51. The fraction of sp³-hybridized carbons (Fsp3) is 0.118. The highest BCUT2D eigenvalue weighted by Gasteiger charge is 1.98. The van der Waals surface area contributed by atoms with E-state index in [2.05, 4.69) is 16.7 Å². The van der Waals surface area contributed by atoms with Gasteiger partial charge in [0.2, 0.25) is 0 Å². The Bertz CT molecular complexity index is 632. The summed E-state index contributed by atoms with van der Waals surface area (Å²) < 4.78 is 0. The van der Waals surface area contributed by atoms with Crippen molar-refractivity contribution in [1.82, 2.24) is 5.32 Å². The smallest absolute Gasteiger partial charge is 0.314 e. The van der Waals surface area contributed by atoms with Gasteiger partial charge in [-0.25, -0.2) is 4.79 Å². The van der Waals surface area contributed by atoms with E-state index in [4.69, 9.17) is 0 Å². The third-order valence-electron chi connectivity index (χ3n) is 2.81. The third-order valence-corrected chi connectivity index (χ3v) is 2.81. The molecule has 0 bridgehead atoms. The van der Waals surface area contributed by atoms with Crippen LogP contribution in [0.15, 0.2) is 54.7 Å². The lowest BCUT2D eigenvalue weighted by molar-refractivity contribution is 0.255. The van der Waals surface area contributed by atoms with E-state index in [0.717, 1.165) is 16.8 Å². The molecule has 0 aliphatic rings. The molecule has 2 amide bonds. The van der Waals surface area contributed by atoms with Crippen LogP contribution in [0.1, 0.15) is 16.7 Å². The van der Waals surface area contributed by atoms with Gasteiger partial charge in [-0.2, -0.15) is 0 Å². The quantitative estimate of drug-likeness (QED) is 0.863. The Balaban J connectivity index is 1.89. The first-order valence-corrected chi connectivity index (χ1v) is 6.51. The summed E-state index contributed by atoms with van der Waals surface area (Å²) in [7, 11) is 0.